The SMILES string of the molecule is Cc1cc(C)c(NC(=O)CC(=O)NCc2cccnc2)c(Cl)c1. The highest BCUT2D eigenvalue weighted by molar-refractivity contribution is 6.34. The van der Waals surface area contributed by atoms with E-state index in [9.17, 15) is 9.59 Å². The number of pyridine rings is 1. The van der Waals surface area contributed by atoms with Crippen molar-refractivity contribution in [3.05, 3.63) is 58.4 Å². The van der Waals surface area contributed by atoms with Crippen LogP contribution in [0.2, 0.25) is 5.02 Å². The summed E-state index contributed by atoms with van der Waals surface area (Å²) in [6.45, 7) is 4.12. The summed E-state index contributed by atoms with van der Waals surface area (Å²) >= 11 is 6.13. The average Bonchev–Trinajstić information content (AvgIpc) is 2.50. The summed E-state index contributed by atoms with van der Waals surface area (Å²) in [4.78, 5) is 27.8. The fourth-order valence-corrected chi connectivity index (χ4v) is 2.54. The highest BCUT2D eigenvalue weighted by Crippen LogP contribution is 2.27. The van der Waals surface area contributed by atoms with E-state index in [1.165, 1.54) is 0 Å². The van der Waals surface area contributed by atoms with E-state index in [4.69, 9.17) is 11.6 Å². The first-order valence-electron chi connectivity index (χ1n) is 7.18. The molecule has 0 saturated carbocycles. The fourth-order valence-electron chi connectivity index (χ4n) is 2.17. The number of rotatable bonds is 5. The third kappa shape index (κ3) is 5.07. The number of anilines is 1. The Bertz CT molecular complexity index is 694. The molecular formula is C17H18ClN3O2. The second-order valence-electron chi connectivity index (χ2n) is 5.30. The Kier molecular flexibility index (Phi) is 5.71. The molecule has 6 heteroatoms. The van der Waals surface area contributed by atoms with Gasteiger partial charge in [0.1, 0.15) is 6.42 Å². The van der Waals surface area contributed by atoms with Crippen molar-refractivity contribution in [3.8, 4) is 0 Å². The zero-order valence-corrected chi connectivity index (χ0v) is 13.8. The van der Waals surface area contributed by atoms with Gasteiger partial charge >= 0.3 is 0 Å². The number of nitrogens with one attached hydrogen (secondary N) is 2. The molecule has 120 valence electrons. The minimum Gasteiger partial charge on any atom is -0.352 e. The minimum absolute atomic E-state index is 0.260. The zero-order chi connectivity index (χ0) is 16.8. The lowest BCUT2D eigenvalue weighted by molar-refractivity contribution is -0.126. The van der Waals surface area contributed by atoms with Gasteiger partial charge in [-0.05, 0) is 42.7 Å². The molecule has 23 heavy (non-hydrogen) atoms. The zero-order valence-electron chi connectivity index (χ0n) is 13.0. The van der Waals surface area contributed by atoms with Crippen LogP contribution in [0.3, 0.4) is 0 Å². The van der Waals surface area contributed by atoms with Gasteiger partial charge in [-0.1, -0.05) is 23.7 Å². The van der Waals surface area contributed by atoms with Crippen molar-refractivity contribution in [1.82, 2.24) is 10.3 Å². The second-order valence-corrected chi connectivity index (χ2v) is 5.71. The molecule has 2 N–H and O–H groups in total. The third-order valence-corrected chi connectivity index (χ3v) is 3.53. The highest BCUT2D eigenvalue weighted by Gasteiger charge is 2.13. The van der Waals surface area contributed by atoms with E-state index in [0.717, 1.165) is 16.7 Å². The summed E-state index contributed by atoms with van der Waals surface area (Å²) in [5.74, 6) is -0.755. The largest absolute Gasteiger partial charge is 0.352 e. The fraction of sp³-hybridized carbons (Fsp3) is 0.235. The molecule has 0 aliphatic heterocycles. The molecule has 2 rings (SSSR count). The van der Waals surface area contributed by atoms with Crippen molar-refractivity contribution in [3.63, 3.8) is 0 Å². The number of benzene rings is 1. The number of carbonyl (C=O) groups is 2. The van der Waals surface area contributed by atoms with Crippen LogP contribution >= 0.6 is 11.6 Å². The van der Waals surface area contributed by atoms with E-state index in [-0.39, 0.29) is 12.3 Å². The molecule has 2 aromatic rings. The van der Waals surface area contributed by atoms with E-state index in [2.05, 4.69) is 15.6 Å². The van der Waals surface area contributed by atoms with Crippen LogP contribution in [-0.2, 0) is 16.1 Å². The normalized spacial score (nSPS) is 10.2. The van der Waals surface area contributed by atoms with E-state index < -0.39 is 5.91 Å². The third-order valence-electron chi connectivity index (χ3n) is 3.23. The Morgan fingerprint density at radius 1 is 1.22 bits per heavy atom. The lowest BCUT2D eigenvalue weighted by Gasteiger charge is -2.11. The summed E-state index contributed by atoms with van der Waals surface area (Å²) < 4.78 is 0. The molecule has 0 atom stereocenters. The quantitative estimate of drug-likeness (QED) is 0.827. The van der Waals surface area contributed by atoms with Crippen molar-refractivity contribution in [2.75, 3.05) is 5.32 Å². The van der Waals surface area contributed by atoms with Crippen LogP contribution in [0.15, 0.2) is 36.7 Å². The topological polar surface area (TPSA) is 71.1 Å². The monoisotopic (exact) mass is 331 g/mol. The Morgan fingerprint density at radius 3 is 2.65 bits per heavy atom. The van der Waals surface area contributed by atoms with Gasteiger partial charge in [-0.15, -0.1) is 0 Å². The van der Waals surface area contributed by atoms with Gasteiger partial charge in [-0.2, -0.15) is 0 Å². The smallest absolute Gasteiger partial charge is 0.233 e. The molecule has 1 aromatic heterocycles. The molecule has 0 radical (unpaired) electrons. The minimum atomic E-state index is -0.400. The average molecular weight is 332 g/mol. The first-order valence-corrected chi connectivity index (χ1v) is 7.55. The van der Waals surface area contributed by atoms with Gasteiger partial charge in [-0.3, -0.25) is 14.6 Å². The molecular weight excluding hydrogens is 314 g/mol. The summed E-state index contributed by atoms with van der Waals surface area (Å²) in [5.41, 5.74) is 3.29. The van der Waals surface area contributed by atoms with Crippen LogP contribution in [0.5, 0.6) is 0 Å². The molecule has 0 bridgehead atoms. The standard InChI is InChI=1S/C17H18ClN3O2/c1-11-6-12(2)17(14(18)7-11)21-16(23)8-15(22)20-10-13-4-3-5-19-9-13/h3-7,9H,8,10H2,1-2H3,(H,20,22)(H,21,23). The Balaban J connectivity index is 1.88. The maximum Gasteiger partial charge on any atom is 0.233 e. The molecule has 5 nitrogen and oxygen atoms in total. The Hall–Kier alpha value is -2.40. The van der Waals surface area contributed by atoms with Crippen LogP contribution < -0.4 is 10.6 Å². The highest BCUT2D eigenvalue weighted by atomic mass is 35.5. The van der Waals surface area contributed by atoms with Crippen molar-refractivity contribution >= 4 is 29.1 Å². The molecule has 1 aromatic carbocycles. The number of halogens is 1. The number of aryl methyl sites for hydroxylation is 2. The van der Waals surface area contributed by atoms with Gasteiger partial charge in [0.2, 0.25) is 11.8 Å². The molecule has 2 amide bonds. The summed E-state index contributed by atoms with van der Waals surface area (Å²) in [7, 11) is 0. The van der Waals surface area contributed by atoms with Gasteiger partial charge in [0.25, 0.3) is 0 Å². The number of hydrogen-bond donors (Lipinski definition) is 2. The predicted molar refractivity (Wildman–Crippen MR) is 90.3 cm³/mol. The maximum atomic E-state index is 12.0. The second kappa shape index (κ2) is 7.74. The van der Waals surface area contributed by atoms with Gasteiger partial charge in [0, 0.05) is 18.9 Å². The molecule has 0 fully saturated rings. The van der Waals surface area contributed by atoms with E-state index in [1.54, 1.807) is 24.5 Å². The van der Waals surface area contributed by atoms with Gasteiger partial charge in [0.05, 0.1) is 10.7 Å². The number of hydrogen-bond acceptors (Lipinski definition) is 3. The predicted octanol–water partition coefficient (Wildman–Crippen LogP) is 3.00. The molecule has 0 aliphatic rings. The van der Waals surface area contributed by atoms with E-state index >= 15 is 0 Å². The Labute approximate surface area is 140 Å². The summed E-state index contributed by atoms with van der Waals surface area (Å²) in [6, 6.07) is 7.33. The lowest BCUT2D eigenvalue weighted by Crippen LogP contribution is -2.28. The van der Waals surface area contributed by atoms with Crippen LogP contribution in [0.1, 0.15) is 23.1 Å². The Morgan fingerprint density at radius 2 is 2.00 bits per heavy atom. The number of carbonyl (C=O) groups excluding carboxylic acids is 2. The maximum absolute atomic E-state index is 12.0. The van der Waals surface area contributed by atoms with Crippen molar-refractivity contribution in [1.29, 1.82) is 0 Å². The summed E-state index contributed by atoms with van der Waals surface area (Å²) in [5, 5.41) is 5.84. The van der Waals surface area contributed by atoms with Crippen LogP contribution in [0, 0.1) is 13.8 Å². The van der Waals surface area contributed by atoms with Crippen molar-refractivity contribution in [2.24, 2.45) is 0 Å². The number of aromatic nitrogens is 1. The first kappa shape index (κ1) is 17.0. The molecule has 1 heterocycles. The van der Waals surface area contributed by atoms with Crippen LogP contribution in [0.4, 0.5) is 5.69 Å². The van der Waals surface area contributed by atoms with E-state index in [1.807, 2.05) is 26.0 Å². The van der Waals surface area contributed by atoms with Gasteiger partial charge in [0.15, 0.2) is 0 Å². The van der Waals surface area contributed by atoms with Gasteiger partial charge < -0.3 is 10.6 Å². The lowest BCUT2D eigenvalue weighted by atomic mass is 10.1. The molecule has 0 aliphatic carbocycles. The molecule has 0 saturated heterocycles. The molecule has 0 unspecified atom stereocenters. The van der Waals surface area contributed by atoms with Crippen molar-refractivity contribution in [2.45, 2.75) is 26.8 Å². The number of nitrogens with zero attached hydrogens (tertiary/aromatic N) is 1. The first-order chi connectivity index (χ1) is 11.0. The molecule has 0 spiro atoms. The van der Waals surface area contributed by atoms with E-state index in [0.29, 0.717) is 17.3 Å². The van der Waals surface area contributed by atoms with Gasteiger partial charge in [-0.25, -0.2) is 0 Å². The number of amides is 2. The van der Waals surface area contributed by atoms with Crippen LogP contribution in [-0.4, -0.2) is 16.8 Å². The summed E-state index contributed by atoms with van der Waals surface area (Å²) in [6.07, 6.45) is 3.06. The van der Waals surface area contributed by atoms with Crippen molar-refractivity contribution < 1.29 is 9.59 Å². The van der Waals surface area contributed by atoms with Crippen LogP contribution in [0.25, 0.3) is 0 Å².